The largest absolute Gasteiger partial charge is 0.507 e. The van der Waals surface area contributed by atoms with E-state index >= 15 is 0 Å². The Balaban J connectivity index is 1.81. The average Bonchev–Trinajstić information content (AvgIpc) is 3.48. The summed E-state index contributed by atoms with van der Waals surface area (Å²) in [6.07, 6.45) is 3.53. The van der Waals surface area contributed by atoms with Gasteiger partial charge >= 0.3 is 11.9 Å². The van der Waals surface area contributed by atoms with E-state index in [0.717, 1.165) is 24.2 Å². The van der Waals surface area contributed by atoms with Crippen LogP contribution in [0.4, 0.5) is 5.13 Å². The van der Waals surface area contributed by atoms with Crippen molar-refractivity contribution in [3.05, 3.63) is 88.5 Å². The van der Waals surface area contributed by atoms with Crippen LogP contribution in [0.3, 0.4) is 0 Å². The van der Waals surface area contributed by atoms with E-state index in [1.54, 1.807) is 61.5 Å². The maximum Gasteiger partial charge on any atom is 0.350 e. The fourth-order valence-electron chi connectivity index (χ4n) is 4.21. The quantitative estimate of drug-likeness (QED) is 0.0801. The number of benzene rings is 2. The molecule has 1 fully saturated rings. The lowest BCUT2D eigenvalue weighted by Crippen LogP contribution is -2.29. The Labute approximate surface area is 236 Å². The number of carbonyl (C=O) groups is 3. The highest BCUT2D eigenvalue weighted by Gasteiger charge is 2.48. The molecule has 4 rings (SSSR count). The monoisotopic (exact) mass is 562 g/mol. The number of hydrogen-bond acceptors (Lipinski definition) is 9. The molecule has 0 unspecified atom stereocenters. The van der Waals surface area contributed by atoms with Gasteiger partial charge in [0.15, 0.2) is 5.13 Å². The number of ether oxygens (including phenoxy) is 3. The first kappa shape index (κ1) is 28.6. The van der Waals surface area contributed by atoms with Crippen molar-refractivity contribution in [3.8, 4) is 11.5 Å². The molecule has 1 aromatic heterocycles. The van der Waals surface area contributed by atoms with E-state index < -0.39 is 23.7 Å². The summed E-state index contributed by atoms with van der Waals surface area (Å²) in [6.45, 7) is 8.21. The Hall–Kier alpha value is -4.44. The summed E-state index contributed by atoms with van der Waals surface area (Å²) >= 11 is 0.940. The Morgan fingerprint density at radius 3 is 2.38 bits per heavy atom. The molecule has 3 aromatic rings. The minimum atomic E-state index is -1.01. The summed E-state index contributed by atoms with van der Waals surface area (Å²) in [4.78, 5) is 44.9. The number of carbonyl (C=O) groups excluding carboxylic acids is 3. The zero-order valence-corrected chi connectivity index (χ0v) is 23.3. The number of aryl methyl sites for hydroxylation is 1. The van der Waals surface area contributed by atoms with Crippen molar-refractivity contribution >= 4 is 39.9 Å². The highest BCUT2D eigenvalue weighted by atomic mass is 32.1. The van der Waals surface area contributed by atoms with E-state index in [1.807, 2.05) is 0 Å². The van der Waals surface area contributed by atoms with Gasteiger partial charge in [-0.3, -0.25) is 14.5 Å². The third-order valence-corrected chi connectivity index (χ3v) is 7.40. The van der Waals surface area contributed by atoms with E-state index in [1.165, 1.54) is 12.0 Å². The SMILES string of the molecule is C=CCOc1ccc([C@H]2C(=C(O)c3ccc(OCCCC)cc3)C(=O)C(=O)N2c2nc(C)c(C(=O)OC)s2)cc1. The molecule has 2 heterocycles. The first-order chi connectivity index (χ1) is 19.3. The zero-order valence-electron chi connectivity index (χ0n) is 22.5. The zero-order chi connectivity index (χ0) is 28.8. The van der Waals surface area contributed by atoms with Gasteiger partial charge in [-0.2, -0.15) is 0 Å². The van der Waals surface area contributed by atoms with Gasteiger partial charge in [-0.15, -0.1) is 0 Å². The molecule has 9 nitrogen and oxygen atoms in total. The van der Waals surface area contributed by atoms with Crippen LogP contribution in [0.2, 0.25) is 0 Å². The van der Waals surface area contributed by atoms with Crippen LogP contribution in [-0.4, -0.2) is 48.1 Å². The molecular formula is C30H30N2O7S. The van der Waals surface area contributed by atoms with Crippen LogP contribution in [0.25, 0.3) is 5.76 Å². The highest BCUT2D eigenvalue weighted by Crippen LogP contribution is 2.44. The van der Waals surface area contributed by atoms with Crippen LogP contribution in [-0.2, 0) is 14.3 Å². The number of aliphatic hydroxyl groups is 1. The molecule has 1 aliphatic heterocycles. The molecule has 1 aliphatic rings. The fraction of sp³-hybridized carbons (Fsp3) is 0.267. The van der Waals surface area contributed by atoms with Crippen LogP contribution in [0, 0.1) is 6.92 Å². The molecule has 0 aliphatic carbocycles. The van der Waals surface area contributed by atoms with Gasteiger partial charge in [0.1, 0.15) is 28.7 Å². The van der Waals surface area contributed by atoms with Crippen LogP contribution in [0.5, 0.6) is 11.5 Å². The lowest BCUT2D eigenvalue weighted by atomic mass is 9.95. The van der Waals surface area contributed by atoms with Gasteiger partial charge in [-0.25, -0.2) is 9.78 Å². The molecule has 208 valence electrons. The lowest BCUT2D eigenvalue weighted by molar-refractivity contribution is -0.132. The third kappa shape index (κ3) is 5.76. The van der Waals surface area contributed by atoms with Crippen LogP contribution < -0.4 is 14.4 Å². The van der Waals surface area contributed by atoms with Crippen LogP contribution in [0.15, 0.2) is 66.8 Å². The van der Waals surface area contributed by atoms with Crippen molar-refractivity contribution in [1.82, 2.24) is 4.98 Å². The van der Waals surface area contributed by atoms with Crippen LogP contribution >= 0.6 is 11.3 Å². The van der Waals surface area contributed by atoms with Gasteiger partial charge < -0.3 is 19.3 Å². The molecule has 0 saturated carbocycles. The molecular weight excluding hydrogens is 532 g/mol. The Bertz CT molecular complexity index is 1440. The van der Waals surface area contributed by atoms with Gasteiger partial charge in [0.25, 0.3) is 5.78 Å². The highest BCUT2D eigenvalue weighted by molar-refractivity contribution is 7.17. The van der Waals surface area contributed by atoms with E-state index in [0.29, 0.717) is 41.5 Å². The van der Waals surface area contributed by atoms with Crippen molar-refractivity contribution in [3.63, 3.8) is 0 Å². The molecule has 1 saturated heterocycles. The molecule has 1 amide bonds. The van der Waals surface area contributed by atoms with Gasteiger partial charge in [0.2, 0.25) is 0 Å². The number of aromatic nitrogens is 1. The number of methoxy groups -OCH3 is 1. The molecule has 2 aromatic carbocycles. The number of aliphatic hydroxyl groups excluding tert-OH is 1. The Morgan fingerprint density at radius 2 is 1.75 bits per heavy atom. The van der Waals surface area contributed by atoms with Gasteiger partial charge in [0.05, 0.1) is 31.0 Å². The maximum absolute atomic E-state index is 13.4. The number of hydrogen-bond donors (Lipinski definition) is 1. The number of thiazole rings is 1. The lowest BCUT2D eigenvalue weighted by Gasteiger charge is -2.23. The number of nitrogens with zero attached hydrogens (tertiary/aromatic N) is 2. The number of amides is 1. The number of anilines is 1. The van der Waals surface area contributed by atoms with E-state index in [-0.39, 0.29) is 21.3 Å². The molecule has 0 bridgehead atoms. The topological polar surface area (TPSA) is 115 Å². The first-order valence-corrected chi connectivity index (χ1v) is 13.6. The van der Waals surface area contributed by atoms with Crippen molar-refractivity contribution in [2.45, 2.75) is 32.7 Å². The molecule has 0 radical (unpaired) electrons. The van der Waals surface area contributed by atoms with E-state index in [2.05, 4.69) is 18.5 Å². The molecule has 40 heavy (non-hydrogen) atoms. The standard InChI is InChI=1S/C30H30N2O7S/c1-5-7-17-39-22-14-10-20(11-15-22)25(33)23-24(19-8-12-21(13-9-19)38-16-6-2)32(28(35)26(23)34)30-31-18(3)27(40-30)29(36)37-4/h6,8-15,24,33H,2,5,7,16-17H2,1,3-4H3/t24-/m0/s1. The van der Waals surface area contributed by atoms with Gasteiger partial charge in [-0.05, 0) is 55.3 Å². The summed E-state index contributed by atoms with van der Waals surface area (Å²) in [5, 5.41) is 11.5. The van der Waals surface area contributed by atoms with Gasteiger partial charge in [-0.1, -0.05) is 49.5 Å². The van der Waals surface area contributed by atoms with E-state index in [4.69, 9.17) is 14.2 Å². The first-order valence-electron chi connectivity index (χ1n) is 12.7. The second kappa shape index (κ2) is 12.6. The number of Topliss-reactive ketones (excluding diaryl/α,β-unsaturated/α-hetero) is 1. The second-order valence-electron chi connectivity index (χ2n) is 8.97. The second-order valence-corrected chi connectivity index (χ2v) is 9.94. The third-order valence-electron chi connectivity index (χ3n) is 6.26. The molecule has 1 N–H and O–H groups in total. The summed E-state index contributed by atoms with van der Waals surface area (Å²) in [6, 6.07) is 12.5. The van der Waals surface area contributed by atoms with Gasteiger partial charge in [0, 0.05) is 5.56 Å². The Morgan fingerprint density at radius 1 is 1.10 bits per heavy atom. The van der Waals surface area contributed by atoms with Crippen molar-refractivity contribution < 1.29 is 33.7 Å². The summed E-state index contributed by atoms with van der Waals surface area (Å²) < 4.78 is 16.1. The summed E-state index contributed by atoms with van der Waals surface area (Å²) in [7, 11) is 1.25. The number of rotatable bonds is 11. The maximum atomic E-state index is 13.4. The fourth-order valence-corrected chi connectivity index (χ4v) is 5.22. The molecule has 0 spiro atoms. The smallest absolute Gasteiger partial charge is 0.350 e. The van der Waals surface area contributed by atoms with Crippen LogP contribution in [0.1, 0.15) is 52.3 Å². The minimum Gasteiger partial charge on any atom is -0.507 e. The Kier molecular flexibility index (Phi) is 9.00. The normalized spacial score (nSPS) is 16.2. The summed E-state index contributed by atoms with van der Waals surface area (Å²) in [5.74, 6) is -1.48. The number of esters is 1. The number of ketones is 1. The average molecular weight is 563 g/mol. The van der Waals surface area contributed by atoms with Crippen molar-refractivity contribution in [2.75, 3.05) is 25.2 Å². The molecule has 10 heteroatoms. The minimum absolute atomic E-state index is 0.100. The predicted octanol–water partition coefficient (Wildman–Crippen LogP) is 5.61. The summed E-state index contributed by atoms with van der Waals surface area (Å²) in [5.41, 5.74) is 1.15. The van der Waals surface area contributed by atoms with Crippen molar-refractivity contribution in [2.24, 2.45) is 0 Å². The predicted molar refractivity (Wildman–Crippen MR) is 152 cm³/mol. The van der Waals surface area contributed by atoms with Crippen molar-refractivity contribution in [1.29, 1.82) is 0 Å². The number of unbranched alkanes of at least 4 members (excludes halogenated alkanes) is 1. The van der Waals surface area contributed by atoms with E-state index in [9.17, 15) is 19.5 Å². The molecule has 1 atom stereocenters.